The molecule has 2 rings (SSSR count). The van der Waals surface area contributed by atoms with Gasteiger partial charge in [0.1, 0.15) is 0 Å². The lowest BCUT2D eigenvalue weighted by molar-refractivity contribution is 0.521. The van der Waals surface area contributed by atoms with Crippen molar-refractivity contribution in [3.8, 4) is 0 Å². The summed E-state index contributed by atoms with van der Waals surface area (Å²) in [6.07, 6.45) is 3.84. The van der Waals surface area contributed by atoms with E-state index >= 15 is 0 Å². The summed E-state index contributed by atoms with van der Waals surface area (Å²) >= 11 is 6.40. The van der Waals surface area contributed by atoms with E-state index in [0.717, 1.165) is 35.3 Å². The largest absolute Gasteiger partial charge is 0.370 e. The summed E-state index contributed by atoms with van der Waals surface area (Å²) < 4.78 is 0. The van der Waals surface area contributed by atoms with Crippen LogP contribution in [0.3, 0.4) is 0 Å². The second-order valence-corrected chi connectivity index (χ2v) is 5.93. The van der Waals surface area contributed by atoms with Gasteiger partial charge >= 0.3 is 0 Å². The molecule has 0 radical (unpaired) electrons. The van der Waals surface area contributed by atoms with E-state index in [1.54, 1.807) is 0 Å². The number of nitrogens with two attached hydrogens (primary N) is 1. The second-order valence-electron chi connectivity index (χ2n) is 5.52. The maximum Gasteiger partial charge on any atom is 0.0642 e. The van der Waals surface area contributed by atoms with Gasteiger partial charge in [-0.05, 0) is 49.8 Å². The molecule has 1 fully saturated rings. The SMILES string of the molecule is CC1CCCN(c2ccc(C(C)N)cc2Cl)CC1. The van der Waals surface area contributed by atoms with E-state index in [1.165, 1.54) is 19.3 Å². The molecule has 1 aromatic carbocycles. The van der Waals surface area contributed by atoms with Crippen LogP contribution >= 0.6 is 11.6 Å². The van der Waals surface area contributed by atoms with Crippen molar-refractivity contribution in [3.63, 3.8) is 0 Å². The highest BCUT2D eigenvalue weighted by atomic mass is 35.5. The van der Waals surface area contributed by atoms with Crippen LogP contribution in [0.4, 0.5) is 5.69 Å². The van der Waals surface area contributed by atoms with Crippen molar-refractivity contribution in [3.05, 3.63) is 28.8 Å². The number of halogens is 1. The Hall–Kier alpha value is -0.730. The van der Waals surface area contributed by atoms with Crippen LogP contribution in [0.2, 0.25) is 5.02 Å². The third-order valence-electron chi connectivity index (χ3n) is 3.85. The molecule has 2 nitrogen and oxygen atoms in total. The third kappa shape index (κ3) is 3.18. The second kappa shape index (κ2) is 5.94. The first kappa shape index (κ1) is 13.7. The van der Waals surface area contributed by atoms with E-state index in [1.807, 2.05) is 13.0 Å². The van der Waals surface area contributed by atoms with Gasteiger partial charge in [0.05, 0.1) is 10.7 Å². The Kier molecular flexibility index (Phi) is 4.52. The van der Waals surface area contributed by atoms with Gasteiger partial charge < -0.3 is 10.6 Å². The molecule has 1 aliphatic heterocycles. The van der Waals surface area contributed by atoms with E-state index in [-0.39, 0.29) is 6.04 Å². The molecule has 0 aromatic heterocycles. The average Bonchev–Trinajstić information content (AvgIpc) is 2.54. The Morgan fingerprint density at radius 1 is 1.33 bits per heavy atom. The normalized spacial score (nSPS) is 22.7. The maximum absolute atomic E-state index is 6.40. The van der Waals surface area contributed by atoms with Gasteiger partial charge in [0.2, 0.25) is 0 Å². The van der Waals surface area contributed by atoms with Gasteiger partial charge in [-0.3, -0.25) is 0 Å². The fraction of sp³-hybridized carbons (Fsp3) is 0.600. The van der Waals surface area contributed by atoms with Crippen molar-refractivity contribution in [2.24, 2.45) is 11.7 Å². The van der Waals surface area contributed by atoms with Gasteiger partial charge in [-0.1, -0.05) is 24.6 Å². The zero-order chi connectivity index (χ0) is 13.1. The third-order valence-corrected chi connectivity index (χ3v) is 4.16. The van der Waals surface area contributed by atoms with Gasteiger partial charge in [0.25, 0.3) is 0 Å². The number of anilines is 1. The highest BCUT2D eigenvalue weighted by Crippen LogP contribution is 2.31. The number of rotatable bonds is 2. The minimum absolute atomic E-state index is 0.0423. The molecule has 1 heterocycles. The predicted octanol–water partition coefficient (Wildman–Crippen LogP) is 3.99. The lowest BCUT2D eigenvalue weighted by atomic mass is 10.0. The van der Waals surface area contributed by atoms with Crippen LogP contribution in [-0.4, -0.2) is 13.1 Å². The van der Waals surface area contributed by atoms with E-state index < -0.39 is 0 Å². The summed E-state index contributed by atoms with van der Waals surface area (Å²) in [5.74, 6) is 0.831. The molecule has 0 aliphatic carbocycles. The average molecular weight is 267 g/mol. The first-order valence-corrected chi connectivity index (χ1v) is 7.25. The van der Waals surface area contributed by atoms with Gasteiger partial charge in [-0.25, -0.2) is 0 Å². The molecular weight excluding hydrogens is 244 g/mol. The van der Waals surface area contributed by atoms with Gasteiger partial charge in [0, 0.05) is 19.1 Å². The molecule has 18 heavy (non-hydrogen) atoms. The fourth-order valence-corrected chi connectivity index (χ4v) is 2.88. The number of hydrogen-bond acceptors (Lipinski definition) is 2. The standard InChI is InChI=1S/C15H23ClN2/c1-11-4-3-8-18(9-7-11)15-6-5-13(12(2)17)10-14(15)16/h5-6,10-12H,3-4,7-9,17H2,1-2H3. The summed E-state index contributed by atoms with van der Waals surface area (Å²) in [5, 5.41) is 0.833. The lowest BCUT2D eigenvalue weighted by Gasteiger charge is -2.24. The van der Waals surface area contributed by atoms with E-state index in [0.29, 0.717) is 0 Å². The van der Waals surface area contributed by atoms with Crippen molar-refractivity contribution in [1.29, 1.82) is 0 Å². The number of nitrogens with zero attached hydrogens (tertiary/aromatic N) is 1. The highest BCUT2D eigenvalue weighted by molar-refractivity contribution is 6.33. The summed E-state index contributed by atoms with van der Waals surface area (Å²) in [7, 11) is 0. The van der Waals surface area contributed by atoms with Gasteiger partial charge in [0.15, 0.2) is 0 Å². The molecule has 2 N–H and O–H groups in total. The molecule has 3 heteroatoms. The lowest BCUT2D eigenvalue weighted by Crippen LogP contribution is -2.24. The molecule has 0 spiro atoms. The number of hydrogen-bond donors (Lipinski definition) is 1. The van der Waals surface area contributed by atoms with Crippen molar-refractivity contribution >= 4 is 17.3 Å². The number of benzene rings is 1. The molecule has 2 unspecified atom stereocenters. The molecule has 0 amide bonds. The maximum atomic E-state index is 6.40. The Bertz CT molecular complexity index is 403. The minimum atomic E-state index is 0.0423. The molecule has 100 valence electrons. The van der Waals surface area contributed by atoms with Crippen molar-refractivity contribution in [2.45, 2.75) is 39.2 Å². The van der Waals surface area contributed by atoms with E-state index in [9.17, 15) is 0 Å². The van der Waals surface area contributed by atoms with Crippen molar-refractivity contribution < 1.29 is 0 Å². The monoisotopic (exact) mass is 266 g/mol. The molecule has 1 aromatic rings. The first-order valence-electron chi connectivity index (χ1n) is 6.88. The van der Waals surface area contributed by atoms with Gasteiger partial charge in [-0.15, -0.1) is 0 Å². The smallest absolute Gasteiger partial charge is 0.0642 e. The first-order chi connectivity index (χ1) is 8.58. The quantitative estimate of drug-likeness (QED) is 0.877. The van der Waals surface area contributed by atoms with Crippen LogP contribution in [0.1, 0.15) is 44.7 Å². The molecule has 0 bridgehead atoms. The molecular formula is C15H23ClN2. The molecule has 1 aliphatic rings. The Morgan fingerprint density at radius 3 is 2.78 bits per heavy atom. The van der Waals surface area contributed by atoms with Crippen LogP contribution in [0, 0.1) is 5.92 Å². The van der Waals surface area contributed by atoms with Crippen LogP contribution in [0.5, 0.6) is 0 Å². The minimum Gasteiger partial charge on any atom is -0.370 e. The van der Waals surface area contributed by atoms with Crippen LogP contribution in [0.25, 0.3) is 0 Å². The zero-order valence-electron chi connectivity index (χ0n) is 11.3. The Labute approximate surface area is 115 Å². The van der Waals surface area contributed by atoms with Crippen molar-refractivity contribution in [1.82, 2.24) is 0 Å². The Balaban J connectivity index is 2.17. The van der Waals surface area contributed by atoms with E-state index in [4.69, 9.17) is 17.3 Å². The fourth-order valence-electron chi connectivity index (χ4n) is 2.57. The summed E-state index contributed by atoms with van der Waals surface area (Å²) in [5.41, 5.74) is 8.15. The van der Waals surface area contributed by atoms with Crippen LogP contribution in [-0.2, 0) is 0 Å². The summed E-state index contributed by atoms with van der Waals surface area (Å²) in [6.45, 7) is 6.54. The van der Waals surface area contributed by atoms with Gasteiger partial charge in [-0.2, -0.15) is 0 Å². The van der Waals surface area contributed by atoms with Crippen molar-refractivity contribution in [2.75, 3.05) is 18.0 Å². The molecule has 2 atom stereocenters. The summed E-state index contributed by atoms with van der Waals surface area (Å²) in [4.78, 5) is 2.41. The van der Waals surface area contributed by atoms with E-state index in [2.05, 4.69) is 24.0 Å². The molecule has 1 saturated heterocycles. The van der Waals surface area contributed by atoms with Crippen LogP contribution in [0.15, 0.2) is 18.2 Å². The summed E-state index contributed by atoms with van der Waals surface area (Å²) in [6, 6.07) is 6.27. The van der Waals surface area contributed by atoms with Crippen LogP contribution < -0.4 is 10.6 Å². The zero-order valence-corrected chi connectivity index (χ0v) is 12.1. The Morgan fingerprint density at radius 2 is 2.11 bits per heavy atom. The molecule has 0 saturated carbocycles. The topological polar surface area (TPSA) is 29.3 Å². The predicted molar refractivity (Wildman–Crippen MR) is 79.3 cm³/mol. The highest BCUT2D eigenvalue weighted by Gasteiger charge is 2.16.